The van der Waals surface area contributed by atoms with Gasteiger partial charge in [0, 0.05) is 31.8 Å². The van der Waals surface area contributed by atoms with Gasteiger partial charge < -0.3 is 4.74 Å². The summed E-state index contributed by atoms with van der Waals surface area (Å²) in [6.07, 6.45) is 1.73. The second kappa shape index (κ2) is 9.25. The number of thioether (sulfide) groups is 1. The van der Waals surface area contributed by atoms with Crippen LogP contribution in [0.3, 0.4) is 0 Å². The largest absolute Gasteiger partial charge is 0.379 e. The summed E-state index contributed by atoms with van der Waals surface area (Å²) in [6.45, 7) is 5.56. The van der Waals surface area contributed by atoms with E-state index in [2.05, 4.69) is 10.00 Å². The van der Waals surface area contributed by atoms with E-state index in [0.29, 0.717) is 16.1 Å². The van der Waals surface area contributed by atoms with Gasteiger partial charge >= 0.3 is 0 Å². The lowest BCUT2D eigenvalue weighted by Gasteiger charge is -2.26. The summed E-state index contributed by atoms with van der Waals surface area (Å²) in [5.41, 5.74) is 0.843. The van der Waals surface area contributed by atoms with Crippen LogP contribution >= 0.6 is 11.8 Å². The molecule has 1 saturated heterocycles. The SMILES string of the molecule is CC(=O)Cc1cnn(-c2ccc(F)cc2)c(=O)c1SCCN1CCOCC1. The zero-order valence-electron chi connectivity index (χ0n) is 15.2. The number of ketones is 1. The lowest BCUT2D eigenvalue weighted by Crippen LogP contribution is -2.37. The monoisotopic (exact) mass is 391 g/mol. The fourth-order valence-electron chi connectivity index (χ4n) is 2.89. The van der Waals surface area contributed by atoms with E-state index in [-0.39, 0.29) is 23.6 Å². The highest BCUT2D eigenvalue weighted by Gasteiger charge is 2.16. The Hall–Kier alpha value is -2.03. The first-order valence-corrected chi connectivity index (χ1v) is 9.82. The van der Waals surface area contributed by atoms with Crippen molar-refractivity contribution in [1.29, 1.82) is 0 Å². The third-order valence-electron chi connectivity index (χ3n) is 4.28. The molecule has 0 saturated carbocycles. The highest BCUT2D eigenvalue weighted by atomic mass is 32.2. The third-order valence-corrected chi connectivity index (χ3v) is 5.39. The van der Waals surface area contributed by atoms with E-state index in [1.807, 2.05) is 0 Å². The number of carbonyl (C=O) groups excluding carboxylic acids is 1. The van der Waals surface area contributed by atoms with Gasteiger partial charge in [0.2, 0.25) is 0 Å². The number of morpholine rings is 1. The van der Waals surface area contributed by atoms with Crippen LogP contribution in [0.4, 0.5) is 4.39 Å². The van der Waals surface area contributed by atoms with Gasteiger partial charge in [0.1, 0.15) is 11.6 Å². The predicted octanol–water partition coefficient (Wildman–Crippen LogP) is 1.93. The molecule has 0 radical (unpaired) electrons. The van der Waals surface area contributed by atoms with Gasteiger partial charge in [-0.25, -0.2) is 4.39 Å². The number of ether oxygens (including phenoxy) is 1. The van der Waals surface area contributed by atoms with Gasteiger partial charge in [-0.3, -0.25) is 14.5 Å². The van der Waals surface area contributed by atoms with Crippen LogP contribution in [0.25, 0.3) is 5.69 Å². The van der Waals surface area contributed by atoms with Crippen LogP contribution in [0.1, 0.15) is 12.5 Å². The topological polar surface area (TPSA) is 64.4 Å². The van der Waals surface area contributed by atoms with E-state index >= 15 is 0 Å². The van der Waals surface area contributed by atoms with E-state index in [9.17, 15) is 14.0 Å². The molecule has 0 bridgehead atoms. The summed E-state index contributed by atoms with van der Waals surface area (Å²) < 4.78 is 19.8. The first kappa shape index (κ1) is 19.7. The Labute approximate surface area is 161 Å². The minimum Gasteiger partial charge on any atom is -0.379 e. The fraction of sp³-hybridized carbons (Fsp3) is 0.421. The van der Waals surface area contributed by atoms with Gasteiger partial charge in [-0.05, 0) is 36.8 Å². The zero-order valence-corrected chi connectivity index (χ0v) is 16.0. The van der Waals surface area contributed by atoms with Crippen molar-refractivity contribution in [3.05, 3.63) is 52.2 Å². The van der Waals surface area contributed by atoms with Crippen molar-refractivity contribution in [3.63, 3.8) is 0 Å². The molecule has 144 valence electrons. The molecule has 1 aromatic heterocycles. The summed E-state index contributed by atoms with van der Waals surface area (Å²) in [7, 11) is 0. The van der Waals surface area contributed by atoms with E-state index in [4.69, 9.17) is 4.74 Å². The summed E-state index contributed by atoms with van der Waals surface area (Å²) >= 11 is 1.44. The second-order valence-corrected chi connectivity index (χ2v) is 7.48. The highest BCUT2D eigenvalue weighted by molar-refractivity contribution is 7.99. The number of Topliss-reactive ketones (excluding diaryl/α,β-unsaturated/α-hetero) is 1. The van der Waals surface area contributed by atoms with E-state index < -0.39 is 0 Å². The van der Waals surface area contributed by atoms with Crippen molar-refractivity contribution >= 4 is 17.5 Å². The molecule has 2 aromatic rings. The molecule has 6 nitrogen and oxygen atoms in total. The number of carbonyl (C=O) groups is 1. The molecule has 1 aliphatic heterocycles. The molecule has 0 N–H and O–H groups in total. The van der Waals surface area contributed by atoms with Crippen LogP contribution in [0.2, 0.25) is 0 Å². The number of halogens is 1. The van der Waals surface area contributed by atoms with Crippen LogP contribution in [0, 0.1) is 5.82 Å². The first-order chi connectivity index (χ1) is 13.0. The number of benzene rings is 1. The normalized spacial score (nSPS) is 15.0. The molecule has 1 aliphatic rings. The van der Waals surface area contributed by atoms with Crippen LogP contribution in [-0.2, 0) is 16.0 Å². The molecule has 0 amide bonds. The number of aromatic nitrogens is 2. The Morgan fingerprint density at radius 2 is 1.96 bits per heavy atom. The lowest BCUT2D eigenvalue weighted by atomic mass is 10.2. The molecule has 1 fully saturated rings. The smallest absolute Gasteiger partial charge is 0.285 e. The summed E-state index contributed by atoms with van der Waals surface area (Å²) in [5, 5.41) is 4.18. The van der Waals surface area contributed by atoms with Crippen molar-refractivity contribution in [2.75, 3.05) is 38.6 Å². The van der Waals surface area contributed by atoms with Crippen molar-refractivity contribution < 1.29 is 13.9 Å². The molecule has 0 aliphatic carbocycles. The molecule has 0 atom stereocenters. The molecular formula is C19H22FN3O3S. The van der Waals surface area contributed by atoms with Gasteiger partial charge in [-0.15, -0.1) is 11.8 Å². The Morgan fingerprint density at radius 3 is 2.63 bits per heavy atom. The number of nitrogens with zero attached hydrogens (tertiary/aromatic N) is 3. The third kappa shape index (κ3) is 5.24. The standard InChI is InChI=1S/C19H22FN3O3S/c1-14(24)12-15-13-21-23(17-4-2-16(20)3-5-17)19(25)18(15)27-11-8-22-6-9-26-10-7-22/h2-5,13H,6-12H2,1H3. The van der Waals surface area contributed by atoms with Crippen LogP contribution in [-0.4, -0.2) is 59.1 Å². The van der Waals surface area contributed by atoms with Gasteiger partial charge in [-0.2, -0.15) is 9.78 Å². The minimum atomic E-state index is -0.375. The van der Waals surface area contributed by atoms with E-state index in [1.165, 1.54) is 47.6 Å². The molecule has 3 rings (SSSR count). The van der Waals surface area contributed by atoms with Crippen molar-refractivity contribution in [2.24, 2.45) is 0 Å². The Kier molecular flexibility index (Phi) is 6.76. The van der Waals surface area contributed by atoms with Crippen molar-refractivity contribution in [1.82, 2.24) is 14.7 Å². The first-order valence-electron chi connectivity index (χ1n) is 8.84. The van der Waals surface area contributed by atoms with Crippen LogP contribution in [0.5, 0.6) is 0 Å². The lowest BCUT2D eigenvalue weighted by molar-refractivity contribution is -0.116. The number of hydrogen-bond donors (Lipinski definition) is 0. The summed E-state index contributed by atoms with van der Waals surface area (Å²) in [4.78, 5) is 27.4. The molecule has 0 unspecified atom stereocenters. The van der Waals surface area contributed by atoms with Gasteiger partial charge in [0.05, 0.1) is 30.0 Å². The minimum absolute atomic E-state index is 0.0224. The molecular weight excluding hydrogens is 369 g/mol. The number of rotatable bonds is 7. The summed E-state index contributed by atoms with van der Waals surface area (Å²) in [5.74, 6) is 0.332. The average molecular weight is 391 g/mol. The Morgan fingerprint density at radius 1 is 1.26 bits per heavy atom. The van der Waals surface area contributed by atoms with Gasteiger partial charge in [-0.1, -0.05) is 0 Å². The second-order valence-electron chi connectivity index (χ2n) is 6.37. The van der Waals surface area contributed by atoms with Crippen molar-refractivity contribution in [3.8, 4) is 5.69 Å². The molecule has 8 heteroatoms. The molecule has 1 aromatic carbocycles. The van der Waals surface area contributed by atoms with E-state index in [1.54, 1.807) is 6.20 Å². The highest BCUT2D eigenvalue weighted by Crippen LogP contribution is 2.20. The van der Waals surface area contributed by atoms with Gasteiger partial charge in [0.15, 0.2) is 0 Å². The maximum absolute atomic E-state index is 13.2. The van der Waals surface area contributed by atoms with Gasteiger partial charge in [0.25, 0.3) is 5.56 Å². The fourth-order valence-corrected chi connectivity index (χ4v) is 3.96. The average Bonchev–Trinajstić information content (AvgIpc) is 2.65. The van der Waals surface area contributed by atoms with E-state index in [0.717, 1.165) is 38.6 Å². The Balaban J connectivity index is 1.83. The number of hydrogen-bond acceptors (Lipinski definition) is 6. The maximum atomic E-state index is 13.2. The van der Waals surface area contributed by atoms with Crippen LogP contribution < -0.4 is 5.56 Å². The molecule has 2 heterocycles. The zero-order chi connectivity index (χ0) is 19.2. The maximum Gasteiger partial charge on any atom is 0.285 e. The quantitative estimate of drug-likeness (QED) is 0.672. The molecule has 0 spiro atoms. The summed E-state index contributed by atoms with van der Waals surface area (Å²) in [6, 6.07) is 5.60. The van der Waals surface area contributed by atoms with Crippen LogP contribution in [0.15, 0.2) is 40.2 Å². The molecule has 27 heavy (non-hydrogen) atoms. The van der Waals surface area contributed by atoms with Crippen molar-refractivity contribution in [2.45, 2.75) is 18.2 Å². The predicted molar refractivity (Wildman–Crippen MR) is 102 cm³/mol. The Bertz CT molecular complexity index is 848.